The highest BCUT2D eigenvalue weighted by molar-refractivity contribution is 5.92. The Morgan fingerprint density at radius 2 is 1.54 bits per heavy atom. The number of hydrogen-bond acceptors (Lipinski definition) is 6. The zero-order valence-corrected chi connectivity index (χ0v) is 20.6. The molecule has 2 aromatic heterocycles. The number of likely N-dealkylation sites (tertiary alicyclic amines) is 1. The van der Waals surface area contributed by atoms with Gasteiger partial charge < -0.3 is 9.52 Å². The first-order valence-electron chi connectivity index (χ1n) is 12.7. The van der Waals surface area contributed by atoms with E-state index in [1.807, 2.05) is 12.1 Å². The summed E-state index contributed by atoms with van der Waals surface area (Å²) in [5, 5.41) is 9.11. The molecule has 0 bridgehead atoms. The van der Waals surface area contributed by atoms with Crippen LogP contribution in [0.3, 0.4) is 0 Å². The number of nitrogens with zero attached hydrogens (tertiary/aromatic N) is 3. The lowest BCUT2D eigenvalue weighted by Gasteiger charge is -2.26. The zero-order valence-electron chi connectivity index (χ0n) is 20.6. The van der Waals surface area contributed by atoms with E-state index in [-0.39, 0.29) is 29.5 Å². The summed E-state index contributed by atoms with van der Waals surface area (Å²) in [5.74, 6) is -1.08. The van der Waals surface area contributed by atoms with Gasteiger partial charge in [-0.1, -0.05) is 61.0 Å². The lowest BCUT2D eigenvalue weighted by atomic mass is 10.00. The average Bonchev–Trinajstić information content (AvgIpc) is 3.44. The quantitative estimate of drug-likeness (QED) is 0.289. The number of aromatic nitrogens is 2. The molecule has 2 aromatic carbocycles. The van der Waals surface area contributed by atoms with Crippen molar-refractivity contribution in [1.29, 1.82) is 0 Å². The second-order valence-electron chi connectivity index (χ2n) is 9.40. The molecular weight excluding hydrogens is 466 g/mol. The van der Waals surface area contributed by atoms with Crippen molar-refractivity contribution < 1.29 is 19.1 Å². The molecule has 1 aliphatic heterocycles. The van der Waals surface area contributed by atoms with E-state index in [1.54, 1.807) is 12.1 Å². The summed E-state index contributed by atoms with van der Waals surface area (Å²) in [6, 6.07) is 21.6. The van der Waals surface area contributed by atoms with E-state index in [9.17, 15) is 9.59 Å². The van der Waals surface area contributed by atoms with Crippen LogP contribution in [-0.4, -0.2) is 44.8 Å². The Hall–Kier alpha value is -4.10. The minimum atomic E-state index is -1.13. The Balaban J connectivity index is 1.16. The summed E-state index contributed by atoms with van der Waals surface area (Å²) in [4.78, 5) is 34.4. The maximum atomic E-state index is 12.6. The molecule has 7 nitrogen and oxygen atoms in total. The first kappa shape index (κ1) is 24.6. The van der Waals surface area contributed by atoms with E-state index in [4.69, 9.17) is 9.52 Å². The van der Waals surface area contributed by atoms with Gasteiger partial charge >= 0.3 is 5.97 Å². The molecule has 0 saturated carbocycles. The summed E-state index contributed by atoms with van der Waals surface area (Å²) >= 11 is 0. The molecule has 0 atom stereocenters. The minimum Gasteiger partial charge on any atom is -0.477 e. The van der Waals surface area contributed by atoms with Crippen LogP contribution in [0.2, 0.25) is 0 Å². The van der Waals surface area contributed by atoms with Gasteiger partial charge in [-0.2, -0.15) is 0 Å². The Morgan fingerprint density at radius 3 is 2.22 bits per heavy atom. The molecular formula is C30H29N3O4. The number of carbonyl (C=O) groups is 2. The third-order valence-electron chi connectivity index (χ3n) is 6.70. The van der Waals surface area contributed by atoms with E-state index in [0.29, 0.717) is 12.1 Å². The van der Waals surface area contributed by atoms with Gasteiger partial charge in [0.15, 0.2) is 5.76 Å². The Bertz CT molecular complexity index is 1370. The van der Waals surface area contributed by atoms with Crippen molar-refractivity contribution in [3.63, 3.8) is 0 Å². The standard InChI is InChI=1S/C30H29N3O4/c34-27(29-31-19-28(37-29)25-5-4-6-26(32-25)30(35)36)16-11-21-7-12-23(13-8-21)24-14-9-22(10-15-24)20-33-17-2-1-3-18-33/h4-10,12-15,19H,1-3,11,16-18,20H2,(H,35,36). The first-order valence-corrected chi connectivity index (χ1v) is 12.7. The van der Waals surface area contributed by atoms with Crippen molar-refractivity contribution >= 4 is 11.8 Å². The normalized spacial score (nSPS) is 13.9. The van der Waals surface area contributed by atoms with Crippen LogP contribution in [-0.2, 0) is 13.0 Å². The number of aromatic carboxylic acids is 1. The molecule has 1 N–H and O–H groups in total. The van der Waals surface area contributed by atoms with E-state index in [0.717, 1.165) is 17.7 Å². The highest BCUT2D eigenvalue weighted by atomic mass is 16.4. The lowest BCUT2D eigenvalue weighted by Crippen LogP contribution is -2.28. The molecule has 5 rings (SSSR count). The van der Waals surface area contributed by atoms with Gasteiger partial charge in [-0.3, -0.25) is 9.69 Å². The van der Waals surface area contributed by atoms with Crippen LogP contribution in [0.15, 0.2) is 77.3 Å². The Labute approximate surface area is 215 Å². The number of carboxylic acid groups (broad SMARTS) is 1. The highest BCUT2D eigenvalue weighted by Gasteiger charge is 2.16. The fraction of sp³-hybridized carbons (Fsp3) is 0.267. The maximum absolute atomic E-state index is 12.6. The number of benzene rings is 2. The van der Waals surface area contributed by atoms with Crippen LogP contribution in [0.5, 0.6) is 0 Å². The van der Waals surface area contributed by atoms with Crippen molar-refractivity contribution in [2.45, 2.75) is 38.6 Å². The molecule has 37 heavy (non-hydrogen) atoms. The number of Topliss-reactive ketones (excluding diaryl/α,β-unsaturated/α-hetero) is 1. The predicted octanol–water partition coefficient (Wildman–Crippen LogP) is 5.90. The van der Waals surface area contributed by atoms with Gasteiger partial charge in [0.1, 0.15) is 11.4 Å². The highest BCUT2D eigenvalue weighted by Crippen LogP contribution is 2.23. The topological polar surface area (TPSA) is 96.5 Å². The van der Waals surface area contributed by atoms with Crippen LogP contribution in [0, 0.1) is 0 Å². The number of ketones is 1. The van der Waals surface area contributed by atoms with Crippen LogP contribution in [0.25, 0.3) is 22.6 Å². The largest absolute Gasteiger partial charge is 0.477 e. The molecule has 3 heterocycles. The number of carboxylic acids is 1. The van der Waals surface area contributed by atoms with E-state index in [2.05, 4.69) is 51.3 Å². The SMILES string of the molecule is O=C(O)c1cccc(-c2cnc(C(=O)CCc3ccc(-c4ccc(CN5CCCCC5)cc4)cc3)o2)n1. The third kappa shape index (κ3) is 6.19. The van der Waals surface area contributed by atoms with Crippen LogP contribution < -0.4 is 0 Å². The first-order chi connectivity index (χ1) is 18.0. The molecule has 4 aromatic rings. The molecule has 0 radical (unpaired) electrons. The van der Waals surface area contributed by atoms with Crippen molar-refractivity contribution in [1.82, 2.24) is 14.9 Å². The van der Waals surface area contributed by atoms with Crippen LogP contribution in [0.4, 0.5) is 0 Å². The van der Waals surface area contributed by atoms with Gasteiger partial charge in [0, 0.05) is 13.0 Å². The van der Waals surface area contributed by atoms with Crippen LogP contribution >= 0.6 is 0 Å². The summed E-state index contributed by atoms with van der Waals surface area (Å²) < 4.78 is 5.57. The van der Waals surface area contributed by atoms with Crippen molar-refractivity contribution in [3.05, 3.63) is 95.6 Å². The Morgan fingerprint density at radius 1 is 0.865 bits per heavy atom. The lowest BCUT2D eigenvalue weighted by molar-refractivity contribution is 0.0690. The minimum absolute atomic E-state index is 0.00112. The molecule has 0 spiro atoms. The van der Waals surface area contributed by atoms with Crippen molar-refractivity contribution in [3.8, 4) is 22.6 Å². The van der Waals surface area contributed by atoms with Gasteiger partial charge in [-0.05, 0) is 66.7 Å². The van der Waals surface area contributed by atoms with Gasteiger partial charge in [-0.25, -0.2) is 14.8 Å². The number of oxazole rings is 1. The smallest absolute Gasteiger partial charge is 0.354 e. The Kier molecular flexibility index (Phi) is 7.51. The summed E-state index contributed by atoms with van der Waals surface area (Å²) in [6.45, 7) is 3.41. The van der Waals surface area contributed by atoms with Crippen molar-refractivity contribution in [2.24, 2.45) is 0 Å². The van der Waals surface area contributed by atoms with Gasteiger partial charge in [0.25, 0.3) is 5.89 Å². The number of hydrogen-bond donors (Lipinski definition) is 1. The third-order valence-corrected chi connectivity index (χ3v) is 6.70. The number of rotatable bonds is 9. The fourth-order valence-corrected chi connectivity index (χ4v) is 4.62. The van der Waals surface area contributed by atoms with Gasteiger partial charge in [-0.15, -0.1) is 0 Å². The summed E-state index contributed by atoms with van der Waals surface area (Å²) in [7, 11) is 0. The molecule has 1 aliphatic rings. The summed E-state index contributed by atoms with van der Waals surface area (Å²) in [5.41, 5.74) is 4.95. The van der Waals surface area contributed by atoms with E-state index >= 15 is 0 Å². The fourth-order valence-electron chi connectivity index (χ4n) is 4.62. The second-order valence-corrected chi connectivity index (χ2v) is 9.40. The van der Waals surface area contributed by atoms with Gasteiger partial charge in [0.2, 0.25) is 5.78 Å². The van der Waals surface area contributed by atoms with Crippen molar-refractivity contribution in [2.75, 3.05) is 13.1 Å². The number of pyridine rings is 1. The average molecular weight is 496 g/mol. The predicted molar refractivity (Wildman–Crippen MR) is 140 cm³/mol. The van der Waals surface area contributed by atoms with E-state index in [1.165, 1.54) is 55.7 Å². The molecule has 0 unspecified atom stereocenters. The number of piperidine rings is 1. The number of carbonyl (C=O) groups excluding carboxylic acids is 1. The van der Waals surface area contributed by atoms with Gasteiger partial charge in [0.05, 0.1) is 6.20 Å². The van der Waals surface area contributed by atoms with Crippen LogP contribution in [0.1, 0.15) is 58.0 Å². The molecule has 1 fully saturated rings. The zero-order chi connectivity index (χ0) is 25.6. The molecule has 188 valence electrons. The molecule has 0 aliphatic carbocycles. The monoisotopic (exact) mass is 495 g/mol. The van der Waals surface area contributed by atoms with E-state index < -0.39 is 5.97 Å². The number of aryl methyl sites for hydroxylation is 1. The molecule has 1 saturated heterocycles. The summed E-state index contributed by atoms with van der Waals surface area (Å²) in [6.07, 6.45) is 6.17. The second kappa shape index (κ2) is 11.3. The molecule has 7 heteroatoms. The maximum Gasteiger partial charge on any atom is 0.354 e. The molecule has 0 amide bonds.